The normalized spacial score (nSPS) is 12.9. The van der Waals surface area contributed by atoms with Crippen LogP contribution in [0, 0.1) is 0 Å². The first-order valence-corrected chi connectivity index (χ1v) is 5.48. The van der Waals surface area contributed by atoms with Gasteiger partial charge in [-0.2, -0.15) is 0 Å². The van der Waals surface area contributed by atoms with Gasteiger partial charge < -0.3 is 10.4 Å². The SMILES string of the molecule is C[C@H](CO)NCc1ccc2ccccc2n1. The van der Waals surface area contributed by atoms with Crippen LogP contribution in [0.3, 0.4) is 0 Å². The van der Waals surface area contributed by atoms with Gasteiger partial charge in [0.1, 0.15) is 0 Å². The third kappa shape index (κ3) is 2.56. The van der Waals surface area contributed by atoms with E-state index in [1.807, 2.05) is 31.2 Å². The van der Waals surface area contributed by atoms with Crippen molar-refractivity contribution < 1.29 is 5.11 Å². The van der Waals surface area contributed by atoms with Gasteiger partial charge in [-0.05, 0) is 19.1 Å². The predicted molar refractivity (Wildman–Crippen MR) is 65.1 cm³/mol. The molecule has 2 aromatic rings. The quantitative estimate of drug-likeness (QED) is 0.817. The van der Waals surface area contributed by atoms with Crippen molar-refractivity contribution in [1.29, 1.82) is 0 Å². The molecule has 84 valence electrons. The van der Waals surface area contributed by atoms with Crippen LogP contribution in [0.15, 0.2) is 36.4 Å². The third-order valence-corrected chi connectivity index (χ3v) is 2.56. The van der Waals surface area contributed by atoms with Crippen molar-refractivity contribution in [3.63, 3.8) is 0 Å². The maximum Gasteiger partial charge on any atom is 0.0705 e. The number of aromatic nitrogens is 1. The highest BCUT2D eigenvalue weighted by Gasteiger charge is 2.01. The second-order valence-corrected chi connectivity index (χ2v) is 3.96. The van der Waals surface area contributed by atoms with Crippen molar-refractivity contribution in [3.8, 4) is 0 Å². The van der Waals surface area contributed by atoms with Gasteiger partial charge in [0, 0.05) is 18.0 Å². The van der Waals surface area contributed by atoms with E-state index in [4.69, 9.17) is 5.11 Å². The fraction of sp³-hybridized carbons (Fsp3) is 0.308. The molecule has 0 unspecified atom stereocenters. The summed E-state index contributed by atoms with van der Waals surface area (Å²) >= 11 is 0. The van der Waals surface area contributed by atoms with Crippen LogP contribution in [-0.4, -0.2) is 22.7 Å². The molecule has 1 aromatic heterocycles. The maximum absolute atomic E-state index is 8.90. The van der Waals surface area contributed by atoms with Crippen molar-refractivity contribution in [2.24, 2.45) is 0 Å². The molecule has 0 aliphatic carbocycles. The number of para-hydroxylation sites is 1. The van der Waals surface area contributed by atoms with Crippen molar-refractivity contribution >= 4 is 10.9 Å². The highest BCUT2D eigenvalue weighted by atomic mass is 16.3. The highest BCUT2D eigenvalue weighted by molar-refractivity contribution is 5.78. The molecular formula is C13H16N2O. The van der Waals surface area contributed by atoms with Gasteiger partial charge in [0.25, 0.3) is 0 Å². The lowest BCUT2D eigenvalue weighted by Gasteiger charge is -2.10. The first-order valence-electron chi connectivity index (χ1n) is 5.48. The average Bonchev–Trinajstić information content (AvgIpc) is 2.35. The smallest absolute Gasteiger partial charge is 0.0705 e. The number of hydrogen-bond acceptors (Lipinski definition) is 3. The lowest BCUT2D eigenvalue weighted by Crippen LogP contribution is -2.28. The molecule has 0 bridgehead atoms. The van der Waals surface area contributed by atoms with Gasteiger partial charge in [-0.25, -0.2) is 0 Å². The molecule has 1 atom stereocenters. The number of benzene rings is 1. The molecule has 1 aromatic carbocycles. The van der Waals surface area contributed by atoms with Crippen molar-refractivity contribution in [1.82, 2.24) is 10.3 Å². The molecule has 2 rings (SSSR count). The van der Waals surface area contributed by atoms with E-state index in [9.17, 15) is 0 Å². The molecule has 2 N–H and O–H groups in total. The minimum Gasteiger partial charge on any atom is -0.395 e. The van der Waals surface area contributed by atoms with Gasteiger partial charge in [-0.3, -0.25) is 4.98 Å². The Morgan fingerprint density at radius 2 is 2.06 bits per heavy atom. The van der Waals surface area contributed by atoms with E-state index in [1.54, 1.807) is 0 Å². The first-order chi connectivity index (χ1) is 7.79. The van der Waals surface area contributed by atoms with Gasteiger partial charge in [0.05, 0.1) is 17.8 Å². The Labute approximate surface area is 95.1 Å². The average molecular weight is 216 g/mol. The summed E-state index contributed by atoms with van der Waals surface area (Å²) in [6, 6.07) is 12.2. The van der Waals surface area contributed by atoms with Gasteiger partial charge in [-0.1, -0.05) is 24.3 Å². The molecular weight excluding hydrogens is 200 g/mol. The fourth-order valence-corrected chi connectivity index (χ4v) is 1.55. The van der Waals surface area contributed by atoms with E-state index in [-0.39, 0.29) is 12.6 Å². The number of nitrogens with one attached hydrogen (secondary N) is 1. The summed E-state index contributed by atoms with van der Waals surface area (Å²) in [5, 5.41) is 13.3. The molecule has 0 saturated heterocycles. The Kier molecular flexibility index (Phi) is 3.49. The van der Waals surface area contributed by atoms with E-state index >= 15 is 0 Å². The summed E-state index contributed by atoms with van der Waals surface area (Å²) in [4.78, 5) is 4.54. The molecule has 16 heavy (non-hydrogen) atoms. The predicted octanol–water partition coefficient (Wildman–Crippen LogP) is 1.71. The summed E-state index contributed by atoms with van der Waals surface area (Å²) in [7, 11) is 0. The van der Waals surface area contributed by atoms with Crippen molar-refractivity contribution in [2.75, 3.05) is 6.61 Å². The number of hydrogen-bond donors (Lipinski definition) is 2. The molecule has 0 saturated carbocycles. The van der Waals surface area contributed by atoms with Crippen LogP contribution >= 0.6 is 0 Å². The number of fused-ring (bicyclic) bond motifs is 1. The minimum atomic E-state index is 0.105. The molecule has 0 fully saturated rings. The zero-order valence-corrected chi connectivity index (χ0v) is 9.35. The Balaban J connectivity index is 2.13. The van der Waals surface area contributed by atoms with Gasteiger partial charge in [0.15, 0.2) is 0 Å². The number of rotatable bonds is 4. The minimum absolute atomic E-state index is 0.105. The monoisotopic (exact) mass is 216 g/mol. The highest BCUT2D eigenvalue weighted by Crippen LogP contribution is 2.11. The van der Waals surface area contributed by atoms with Crippen LogP contribution in [0.5, 0.6) is 0 Å². The number of aliphatic hydroxyl groups excluding tert-OH is 1. The van der Waals surface area contributed by atoms with Crippen LogP contribution in [0.4, 0.5) is 0 Å². The molecule has 0 radical (unpaired) electrons. The topological polar surface area (TPSA) is 45.1 Å². The van der Waals surface area contributed by atoms with E-state index in [1.165, 1.54) is 0 Å². The first kappa shape index (κ1) is 11.0. The number of pyridine rings is 1. The summed E-state index contributed by atoms with van der Waals surface area (Å²) in [5.41, 5.74) is 2.01. The molecule has 3 heteroatoms. The van der Waals surface area contributed by atoms with Crippen LogP contribution < -0.4 is 5.32 Å². The molecule has 1 heterocycles. The molecule has 0 aliphatic rings. The third-order valence-electron chi connectivity index (χ3n) is 2.56. The van der Waals surface area contributed by atoms with Crippen molar-refractivity contribution in [3.05, 3.63) is 42.1 Å². The van der Waals surface area contributed by atoms with Gasteiger partial charge in [-0.15, -0.1) is 0 Å². The molecule has 0 aliphatic heterocycles. The second-order valence-electron chi connectivity index (χ2n) is 3.96. The van der Waals surface area contributed by atoms with Gasteiger partial charge in [0.2, 0.25) is 0 Å². The standard InChI is InChI=1S/C13H16N2O/c1-10(9-16)14-8-12-7-6-11-4-2-3-5-13(11)15-12/h2-7,10,14,16H,8-9H2,1H3/t10-/m1/s1. The fourth-order valence-electron chi connectivity index (χ4n) is 1.55. The van der Waals surface area contributed by atoms with E-state index in [2.05, 4.69) is 22.4 Å². The second kappa shape index (κ2) is 5.05. The Morgan fingerprint density at radius 1 is 1.25 bits per heavy atom. The zero-order chi connectivity index (χ0) is 11.4. The number of aliphatic hydroxyl groups is 1. The molecule has 0 spiro atoms. The van der Waals surface area contributed by atoms with E-state index < -0.39 is 0 Å². The molecule has 0 amide bonds. The Hall–Kier alpha value is -1.45. The lowest BCUT2D eigenvalue weighted by atomic mass is 10.2. The van der Waals surface area contributed by atoms with E-state index in [0.717, 1.165) is 16.6 Å². The summed E-state index contributed by atoms with van der Waals surface area (Å²) < 4.78 is 0. The summed E-state index contributed by atoms with van der Waals surface area (Å²) in [5.74, 6) is 0. The maximum atomic E-state index is 8.90. The Bertz CT molecular complexity index is 470. The largest absolute Gasteiger partial charge is 0.395 e. The van der Waals surface area contributed by atoms with E-state index in [0.29, 0.717) is 6.54 Å². The van der Waals surface area contributed by atoms with Crippen LogP contribution in [0.1, 0.15) is 12.6 Å². The van der Waals surface area contributed by atoms with Crippen molar-refractivity contribution in [2.45, 2.75) is 19.5 Å². The lowest BCUT2D eigenvalue weighted by molar-refractivity contribution is 0.250. The Morgan fingerprint density at radius 3 is 2.88 bits per heavy atom. The molecule has 3 nitrogen and oxygen atoms in total. The van der Waals surface area contributed by atoms with Crippen LogP contribution in [0.2, 0.25) is 0 Å². The van der Waals surface area contributed by atoms with Crippen LogP contribution in [-0.2, 0) is 6.54 Å². The summed E-state index contributed by atoms with van der Waals surface area (Å²) in [6.45, 7) is 2.78. The summed E-state index contributed by atoms with van der Waals surface area (Å²) in [6.07, 6.45) is 0. The van der Waals surface area contributed by atoms with Crippen LogP contribution in [0.25, 0.3) is 10.9 Å². The zero-order valence-electron chi connectivity index (χ0n) is 9.35. The number of nitrogens with zero attached hydrogens (tertiary/aromatic N) is 1. The van der Waals surface area contributed by atoms with Gasteiger partial charge >= 0.3 is 0 Å².